The van der Waals surface area contributed by atoms with E-state index in [1.165, 1.54) is 101 Å². The zero-order valence-corrected chi connectivity index (χ0v) is 15.6. The van der Waals surface area contributed by atoms with Crippen molar-refractivity contribution in [3.05, 3.63) is 0 Å². The summed E-state index contributed by atoms with van der Waals surface area (Å²) >= 11 is 0. The van der Waals surface area contributed by atoms with Gasteiger partial charge in [-0.25, -0.2) is 0 Å². The molecule has 1 aliphatic heterocycles. The lowest BCUT2D eigenvalue weighted by Gasteiger charge is -2.50. The van der Waals surface area contributed by atoms with Crippen molar-refractivity contribution in [1.82, 2.24) is 0 Å². The highest BCUT2D eigenvalue weighted by Gasteiger charge is 2.52. The summed E-state index contributed by atoms with van der Waals surface area (Å²) in [6.07, 6.45) is 17.2. The Hall–Kier alpha value is -0.0400. The van der Waals surface area contributed by atoms with Crippen LogP contribution >= 0.6 is 0 Å². The van der Waals surface area contributed by atoms with Crippen molar-refractivity contribution in [2.24, 2.45) is 0 Å². The van der Waals surface area contributed by atoms with Gasteiger partial charge >= 0.3 is 0 Å². The molecule has 21 heavy (non-hydrogen) atoms. The van der Waals surface area contributed by atoms with E-state index < -0.39 is 0 Å². The normalized spacial score (nSPS) is 20.0. The first-order valence-corrected chi connectivity index (χ1v) is 10.1. The summed E-state index contributed by atoms with van der Waals surface area (Å²) in [6, 6.07) is 0. The molecule has 1 heteroatoms. The fraction of sp³-hybridized carbons (Fsp3) is 1.00. The molecule has 1 nitrogen and oxygen atoms in total. The van der Waals surface area contributed by atoms with Gasteiger partial charge in [-0.15, -0.1) is 0 Å². The molecule has 126 valence electrons. The minimum Gasteiger partial charge on any atom is -0.319 e. The van der Waals surface area contributed by atoms with Crippen LogP contribution in [0, 0.1) is 0 Å². The molecule has 0 aromatic carbocycles. The monoisotopic (exact) mass is 296 g/mol. The Bertz CT molecular complexity index is 217. The Kier molecular flexibility index (Phi) is 8.94. The number of likely N-dealkylation sites (tertiary alicyclic amines) is 1. The zero-order chi connectivity index (χ0) is 15.6. The first-order chi connectivity index (χ1) is 10.2. The van der Waals surface area contributed by atoms with Gasteiger partial charge < -0.3 is 4.48 Å². The fourth-order valence-corrected chi connectivity index (χ4v) is 4.78. The van der Waals surface area contributed by atoms with Gasteiger partial charge in [-0.2, -0.15) is 0 Å². The van der Waals surface area contributed by atoms with Gasteiger partial charge in [0.25, 0.3) is 0 Å². The van der Waals surface area contributed by atoms with Gasteiger partial charge in [0, 0.05) is 25.7 Å². The molecule has 1 heterocycles. The highest BCUT2D eigenvalue weighted by atomic mass is 15.4. The number of unbranched alkanes of at least 4 members (excludes halogenated alkanes) is 4. The fourth-order valence-electron chi connectivity index (χ4n) is 4.78. The Balaban J connectivity index is 2.94. The van der Waals surface area contributed by atoms with E-state index in [1.54, 1.807) is 0 Å². The van der Waals surface area contributed by atoms with E-state index in [4.69, 9.17) is 0 Å². The lowest BCUT2D eigenvalue weighted by molar-refractivity contribution is -0.965. The molecule has 0 spiro atoms. The highest BCUT2D eigenvalue weighted by molar-refractivity contribution is 4.87. The maximum absolute atomic E-state index is 2.37. The summed E-state index contributed by atoms with van der Waals surface area (Å²) < 4.78 is 1.49. The molecule has 0 aliphatic carbocycles. The predicted molar refractivity (Wildman–Crippen MR) is 95.7 cm³/mol. The summed E-state index contributed by atoms with van der Waals surface area (Å²) in [5, 5.41) is 0. The second-order valence-electron chi connectivity index (χ2n) is 7.56. The molecule has 0 bridgehead atoms. The van der Waals surface area contributed by atoms with Gasteiger partial charge in [-0.05, 0) is 25.7 Å². The minimum atomic E-state index is 0.649. The molecule has 0 unspecified atom stereocenters. The topological polar surface area (TPSA) is 0 Å². The highest BCUT2D eigenvalue weighted by Crippen LogP contribution is 2.45. The third-order valence-corrected chi connectivity index (χ3v) is 6.11. The van der Waals surface area contributed by atoms with Crippen LogP contribution in [0.1, 0.15) is 105 Å². The molecule has 1 fully saturated rings. The molecule has 0 saturated carbocycles. The maximum atomic E-state index is 2.37. The second kappa shape index (κ2) is 9.87. The largest absolute Gasteiger partial charge is 0.319 e. The first kappa shape index (κ1) is 19.0. The lowest BCUT2D eigenvalue weighted by atomic mass is 9.82. The summed E-state index contributed by atoms with van der Waals surface area (Å²) in [7, 11) is 0. The summed E-state index contributed by atoms with van der Waals surface area (Å²) in [5.74, 6) is 0. The van der Waals surface area contributed by atoms with Crippen LogP contribution in [-0.2, 0) is 0 Å². The van der Waals surface area contributed by atoms with Crippen LogP contribution in [-0.4, -0.2) is 29.7 Å². The molecular formula is C20H42N+. The first-order valence-electron chi connectivity index (χ1n) is 10.1. The Morgan fingerprint density at radius 1 is 0.714 bits per heavy atom. The molecule has 0 atom stereocenters. The Morgan fingerprint density at radius 3 is 1.62 bits per heavy atom. The van der Waals surface area contributed by atoms with Crippen LogP contribution in [0.15, 0.2) is 0 Å². The van der Waals surface area contributed by atoms with Crippen LogP contribution in [0.3, 0.4) is 0 Å². The number of nitrogens with zero attached hydrogens (tertiary/aromatic N) is 1. The molecule has 1 saturated heterocycles. The molecule has 0 aromatic rings. The van der Waals surface area contributed by atoms with Gasteiger partial charge in [0.2, 0.25) is 0 Å². The molecular weight excluding hydrogens is 254 g/mol. The minimum absolute atomic E-state index is 0.649. The summed E-state index contributed by atoms with van der Waals surface area (Å²) in [5.41, 5.74) is 0.649. The van der Waals surface area contributed by atoms with Crippen LogP contribution < -0.4 is 0 Å². The maximum Gasteiger partial charge on any atom is 0.0994 e. The molecule has 1 rings (SSSR count). The Morgan fingerprint density at radius 2 is 1.19 bits per heavy atom. The van der Waals surface area contributed by atoms with Gasteiger partial charge in [-0.1, -0.05) is 53.4 Å². The van der Waals surface area contributed by atoms with E-state index >= 15 is 0 Å². The number of hydrogen-bond donors (Lipinski definition) is 0. The second-order valence-corrected chi connectivity index (χ2v) is 7.56. The lowest BCUT2D eigenvalue weighted by Crippen LogP contribution is -2.61. The van der Waals surface area contributed by atoms with Crippen LogP contribution in [0.2, 0.25) is 0 Å². The van der Waals surface area contributed by atoms with Crippen LogP contribution in [0.4, 0.5) is 0 Å². The number of rotatable bonds is 12. The number of hydrogen-bond acceptors (Lipinski definition) is 0. The number of quaternary nitrogens is 1. The van der Waals surface area contributed by atoms with Crippen molar-refractivity contribution in [1.29, 1.82) is 0 Å². The molecule has 0 radical (unpaired) electrons. The SMILES string of the molecule is CCCCC1(CCCC)CCC[N+]1(CCCC)CCCC. The van der Waals surface area contributed by atoms with Crippen LogP contribution in [0.25, 0.3) is 0 Å². The quantitative estimate of drug-likeness (QED) is 0.370. The summed E-state index contributed by atoms with van der Waals surface area (Å²) in [6.45, 7) is 13.9. The van der Waals surface area contributed by atoms with E-state index in [0.717, 1.165) is 0 Å². The van der Waals surface area contributed by atoms with E-state index in [-0.39, 0.29) is 0 Å². The van der Waals surface area contributed by atoms with Gasteiger partial charge in [0.15, 0.2) is 0 Å². The third kappa shape index (κ3) is 4.71. The average molecular weight is 297 g/mol. The standard InChI is InChI=1S/C20H42N/c1-5-9-14-20(15-10-6-2)16-13-19-21(20,17-11-7-3)18-12-8-4/h5-19H2,1-4H3/q+1. The summed E-state index contributed by atoms with van der Waals surface area (Å²) in [4.78, 5) is 0. The smallest absolute Gasteiger partial charge is 0.0994 e. The molecule has 0 aromatic heterocycles. The third-order valence-electron chi connectivity index (χ3n) is 6.11. The van der Waals surface area contributed by atoms with Crippen molar-refractivity contribution < 1.29 is 4.48 Å². The molecule has 0 N–H and O–H groups in total. The van der Waals surface area contributed by atoms with Crippen LogP contribution in [0.5, 0.6) is 0 Å². The van der Waals surface area contributed by atoms with Crippen molar-refractivity contribution >= 4 is 0 Å². The predicted octanol–water partition coefficient (Wildman–Crippen LogP) is 6.32. The van der Waals surface area contributed by atoms with Gasteiger partial charge in [-0.3, -0.25) is 0 Å². The van der Waals surface area contributed by atoms with E-state index in [1.807, 2.05) is 0 Å². The zero-order valence-electron chi connectivity index (χ0n) is 15.6. The van der Waals surface area contributed by atoms with Crippen molar-refractivity contribution in [2.75, 3.05) is 19.6 Å². The van der Waals surface area contributed by atoms with E-state index in [9.17, 15) is 0 Å². The van der Waals surface area contributed by atoms with E-state index in [0.29, 0.717) is 5.54 Å². The van der Waals surface area contributed by atoms with Crippen molar-refractivity contribution in [3.63, 3.8) is 0 Å². The Labute approximate surface area is 135 Å². The van der Waals surface area contributed by atoms with Crippen molar-refractivity contribution in [3.8, 4) is 0 Å². The van der Waals surface area contributed by atoms with Gasteiger partial charge in [0.05, 0.1) is 25.2 Å². The molecule has 0 amide bonds. The molecule has 1 aliphatic rings. The van der Waals surface area contributed by atoms with Gasteiger partial charge in [0.1, 0.15) is 0 Å². The average Bonchev–Trinajstić information content (AvgIpc) is 2.86. The van der Waals surface area contributed by atoms with E-state index in [2.05, 4.69) is 27.7 Å². The van der Waals surface area contributed by atoms with Crippen molar-refractivity contribution in [2.45, 2.75) is 110 Å².